The first-order valence-electron chi connectivity index (χ1n) is 11.2. The van der Waals surface area contributed by atoms with Crippen LogP contribution in [0.5, 0.6) is 0 Å². The van der Waals surface area contributed by atoms with Crippen LogP contribution >= 0.6 is 11.8 Å². The molecule has 0 aromatic heterocycles. The zero-order valence-corrected chi connectivity index (χ0v) is 18.3. The Balaban J connectivity index is 1.32. The van der Waals surface area contributed by atoms with E-state index in [2.05, 4.69) is 34.9 Å². The van der Waals surface area contributed by atoms with Crippen LogP contribution in [0.1, 0.15) is 45.4 Å². The van der Waals surface area contributed by atoms with Crippen LogP contribution in [0.3, 0.4) is 0 Å². The second kappa shape index (κ2) is 9.52. The standard InChI is InChI=1S/C23H33N3O2S/c1-18-9-16-26(20-7-3-4-8-21(20)29-18)22(27)17-24-14-10-19(11-15-24)23(28)25-12-5-2-6-13-25/h3-4,7-8,18-19H,2,5-6,9-17H2,1H3/t18-/m1/s1. The smallest absolute Gasteiger partial charge is 0.241 e. The molecule has 158 valence electrons. The van der Waals surface area contributed by atoms with Crippen LogP contribution < -0.4 is 4.90 Å². The topological polar surface area (TPSA) is 43.9 Å². The molecule has 2 saturated heterocycles. The number of fused-ring (bicyclic) bond motifs is 1. The van der Waals surface area contributed by atoms with Gasteiger partial charge in [0.05, 0.1) is 12.2 Å². The van der Waals surface area contributed by atoms with Crippen molar-refractivity contribution in [3.05, 3.63) is 24.3 Å². The molecular weight excluding hydrogens is 382 g/mol. The summed E-state index contributed by atoms with van der Waals surface area (Å²) in [4.78, 5) is 33.4. The van der Waals surface area contributed by atoms with Gasteiger partial charge in [-0.25, -0.2) is 0 Å². The van der Waals surface area contributed by atoms with E-state index in [1.165, 1.54) is 11.3 Å². The van der Waals surface area contributed by atoms with Crippen LogP contribution in [0.15, 0.2) is 29.2 Å². The van der Waals surface area contributed by atoms with Crippen LogP contribution in [0.25, 0.3) is 0 Å². The molecule has 2 amide bonds. The Morgan fingerprint density at radius 1 is 0.966 bits per heavy atom. The normalized spacial score (nSPS) is 24.1. The fourth-order valence-corrected chi connectivity index (χ4v) is 5.85. The van der Waals surface area contributed by atoms with E-state index in [4.69, 9.17) is 0 Å². The SMILES string of the molecule is C[C@@H]1CCN(C(=O)CN2CCC(C(=O)N3CCCCC3)CC2)c2ccccc2S1. The lowest BCUT2D eigenvalue weighted by Crippen LogP contribution is -2.47. The summed E-state index contributed by atoms with van der Waals surface area (Å²) in [5, 5.41) is 0.519. The highest BCUT2D eigenvalue weighted by atomic mass is 32.2. The first-order valence-corrected chi connectivity index (χ1v) is 12.1. The molecule has 4 rings (SSSR count). The monoisotopic (exact) mass is 415 g/mol. The highest BCUT2D eigenvalue weighted by Gasteiger charge is 2.31. The van der Waals surface area contributed by atoms with Crippen molar-refractivity contribution in [3.63, 3.8) is 0 Å². The van der Waals surface area contributed by atoms with Crippen LogP contribution in [0.4, 0.5) is 5.69 Å². The van der Waals surface area contributed by atoms with Crippen molar-refractivity contribution in [2.45, 2.75) is 55.6 Å². The largest absolute Gasteiger partial charge is 0.342 e. The number of benzene rings is 1. The number of hydrogen-bond donors (Lipinski definition) is 0. The number of nitrogens with zero attached hydrogens (tertiary/aromatic N) is 3. The zero-order chi connectivity index (χ0) is 20.2. The van der Waals surface area contributed by atoms with E-state index in [9.17, 15) is 9.59 Å². The van der Waals surface area contributed by atoms with Crippen molar-refractivity contribution >= 4 is 29.3 Å². The number of carbonyl (C=O) groups is 2. The molecule has 29 heavy (non-hydrogen) atoms. The third kappa shape index (κ3) is 4.97. The zero-order valence-electron chi connectivity index (χ0n) is 17.5. The molecule has 0 N–H and O–H groups in total. The third-order valence-corrected chi connectivity index (χ3v) is 7.75. The Kier molecular flexibility index (Phi) is 6.81. The Bertz CT molecular complexity index is 727. The molecule has 0 saturated carbocycles. The first kappa shape index (κ1) is 20.7. The first-order chi connectivity index (χ1) is 14.1. The lowest BCUT2D eigenvalue weighted by Gasteiger charge is -2.36. The van der Waals surface area contributed by atoms with E-state index in [-0.39, 0.29) is 11.8 Å². The summed E-state index contributed by atoms with van der Waals surface area (Å²) in [7, 11) is 0. The molecule has 3 heterocycles. The number of carbonyl (C=O) groups excluding carboxylic acids is 2. The number of para-hydroxylation sites is 1. The lowest BCUT2D eigenvalue weighted by atomic mass is 9.94. The molecule has 3 aliphatic heterocycles. The van der Waals surface area contributed by atoms with Gasteiger partial charge in [-0.3, -0.25) is 14.5 Å². The molecule has 1 atom stereocenters. The van der Waals surface area contributed by atoms with Crippen molar-refractivity contribution in [3.8, 4) is 0 Å². The third-order valence-electron chi connectivity index (χ3n) is 6.51. The van der Waals surface area contributed by atoms with Gasteiger partial charge in [-0.2, -0.15) is 0 Å². The van der Waals surface area contributed by atoms with Gasteiger partial charge < -0.3 is 9.80 Å². The highest BCUT2D eigenvalue weighted by Crippen LogP contribution is 2.37. The number of thioether (sulfide) groups is 1. The minimum Gasteiger partial charge on any atom is -0.342 e. The lowest BCUT2D eigenvalue weighted by molar-refractivity contribution is -0.138. The maximum absolute atomic E-state index is 13.2. The molecule has 1 aromatic rings. The molecule has 1 aromatic carbocycles. The Morgan fingerprint density at radius 2 is 1.69 bits per heavy atom. The summed E-state index contributed by atoms with van der Waals surface area (Å²) in [6.07, 6.45) is 6.32. The fraction of sp³-hybridized carbons (Fsp3) is 0.652. The van der Waals surface area contributed by atoms with Crippen LogP contribution in [0, 0.1) is 5.92 Å². The van der Waals surface area contributed by atoms with Gasteiger partial charge in [0.2, 0.25) is 11.8 Å². The maximum atomic E-state index is 13.2. The van der Waals surface area contributed by atoms with E-state index < -0.39 is 0 Å². The van der Waals surface area contributed by atoms with Crippen LogP contribution in [0.2, 0.25) is 0 Å². The number of rotatable bonds is 3. The molecule has 6 heteroatoms. The molecule has 0 radical (unpaired) electrons. The summed E-state index contributed by atoms with van der Waals surface area (Å²) in [6.45, 7) is 7.03. The van der Waals surface area contributed by atoms with Crippen molar-refractivity contribution in [1.82, 2.24) is 9.80 Å². The molecule has 5 nitrogen and oxygen atoms in total. The Morgan fingerprint density at radius 3 is 2.45 bits per heavy atom. The maximum Gasteiger partial charge on any atom is 0.241 e. The average Bonchev–Trinajstić information content (AvgIpc) is 2.92. The Labute approximate surface area is 178 Å². The molecule has 0 spiro atoms. The molecule has 0 aliphatic carbocycles. The van der Waals surface area contributed by atoms with Gasteiger partial charge in [-0.15, -0.1) is 11.8 Å². The van der Waals surface area contributed by atoms with Gasteiger partial charge in [0.15, 0.2) is 0 Å². The molecule has 2 fully saturated rings. The van der Waals surface area contributed by atoms with Crippen molar-refractivity contribution in [1.29, 1.82) is 0 Å². The van der Waals surface area contributed by atoms with Gasteiger partial charge in [0.1, 0.15) is 0 Å². The van der Waals surface area contributed by atoms with E-state index in [0.29, 0.717) is 17.7 Å². The van der Waals surface area contributed by atoms with Crippen molar-refractivity contribution in [2.75, 3.05) is 44.2 Å². The number of amides is 2. The second-order valence-corrected chi connectivity index (χ2v) is 10.1. The molecule has 0 unspecified atom stereocenters. The van der Waals surface area contributed by atoms with E-state index in [1.807, 2.05) is 22.7 Å². The molecular formula is C23H33N3O2S. The van der Waals surface area contributed by atoms with Gasteiger partial charge >= 0.3 is 0 Å². The summed E-state index contributed by atoms with van der Waals surface area (Å²) in [5.74, 6) is 0.687. The summed E-state index contributed by atoms with van der Waals surface area (Å²) in [5.41, 5.74) is 1.06. The Hall–Kier alpha value is -1.53. The summed E-state index contributed by atoms with van der Waals surface area (Å²) >= 11 is 1.87. The molecule has 0 bridgehead atoms. The van der Waals surface area contributed by atoms with Crippen LogP contribution in [-0.2, 0) is 9.59 Å². The number of hydrogen-bond acceptors (Lipinski definition) is 4. The quantitative estimate of drug-likeness (QED) is 0.756. The van der Waals surface area contributed by atoms with E-state index in [0.717, 1.165) is 70.5 Å². The average molecular weight is 416 g/mol. The number of anilines is 1. The molecule has 3 aliphatic rings. The van der Waals surface area contributed by atoms with E-state index >= 15 is 0 Å². The van der Waals surface area contributed by atoms with Crippen molar-refractivity contribution < 1.29 is 9.59 Å². The van der Waals surface area contributed by atoms with Gasteiger partial charge in [-0.1, -0.05) is 19.1 Å². The van der Waals surface area contributed by atoms with Crippen molar-refractivity contribution in [2.24, 2.45) is 5.92 Å². The highest BCUT2D eigenvalue weighted by molar-refractivity contribution is 8.00. The minimum absolute atomic E-state index is 0.149. The second-order valence-electron chi connectivity index (χ2n) is 8.67. The predicted octanol–water partition coefficient (Wildman–Crippen LogP) is 3.63. The summed E-state index contributed by atoms with van der Waals surface area (Å²) in [6, 6.07) is 8.27. The van der Waals surface area contributed by atoms with E-state index in [1.54, 1.807) is 0 Å². The number of piperidine rings is 2. The summed E-state index contributed by atoms with van der Waals surface area (Å²) < 4.78 is 0. The minimum atomic E-state index is 0.149. The number of likely N-dealkylation sites (tertiary alicyclic amines) is 2. The van der Waals surface area contributed by atoms with Gasteiger partial charge in [0, 0.05) is 35.7 Å². The van der Waals surface area contributed by atoms with Crippen LogP contribution in [-0.4, -0.2) is 66.1 Å². The predicted molar refractivity (Wildman–Crippen MR) is 118 cm³/mol. The van der Waals surface area contributed by atoms with Gasteiger partial charge in [0.25, 0.3) is 0 Å². The fourth-order valence-electron chi connectivity index (χ4n) is 4.73. The van der Waals surface area contributed by atoms with Gasteiger partial charge in [-0.05, 0) is 63.7 Å².